The van der Waals surface area contributed by atoms with E-state index in [2.05, 4.69) is 4.90 Å². The molecule has 2 aromatic rings. The van der Waals surface area contributed by atoms with Crippen LogP contribution in [-0.4, -0.2) is 57.2 Å². The fourth-order valence-electron chi connectivity index (χ4n) is 3.54. The highest BCUT2D eigenvalue weighted by atomic mass is 35.5. The molecular weight excluding hydrogens is 451 g/mol. The normalized spacial score (nSPS) is 17.3. The Kier molecular flexibility index (Phi) is 6.31. The highest BCUT2D eigenvalue weighted by molar-refractivity contribution is 7.89. The minimum absolute atomic E-state index is 0.00170. The summed E-state index contributed by atoms with van der Waals surface area (Å²) in [7, 11) is -3.75. The van der Waals surface area contributed by atoms with Crippen molar-refractivity contribution in [1.29, 1.82) is 0 Å². The lowest BCUT2D eigenvalue weighted by Gasteiger charge is -2.34. The molecule has 2 aliphatic heterocycles. The van der Waals surface area contributed by atoms with Crippen LogP contribution < -0.4 is 14.2 Å². The van der Waals surface area contributed by atoms with E-state index in [1.54, 1.807) is 0 Å². The van der Waals surface area contributed by atoms with Crippen LogP contribution >= 0.6 is 23.2 Å². The van der Waals surface area contributed by atoms with E-state index in [9.17, 15) is 8.42 Å². The zero-order valence-corrected chi connectivity index (χ0v) is 18.8. The Morgan fingerprint density at radius 3 is 2.47 bits per heavy atom. The molecule has 0 amide bonds. The largest absolute Gasteiger partial charge is 0.492 e. The lowest BCUT2D eigenvalue weighted by Crippen LogP contribution is -2.48. The molecule has 0 aliphatic carbocycles. The number of hydrogen-bond acceptors (Lipinski definition) is 6. The van der Waals surface area contributed by atoms with Gasteiger partial charge in [-0.2, -0.15) is 4.31 Å². The lowest BCUT2D eigenvalue weighted by molar-refractivity contribution is 0.173. The van der Waals surface area contributed by atoms with Crippen molar-refractivity contribution in [3.05, 3.63) is 45.9 Å². The average Bonchev–Trinajstić information content (AvgIpc) is 3.19. The Morgan fingerprint density at radius 2 is 1.73 bits per heavy atom. The number of fused-ring (bicyclic) bond motifs is 1. The number of halogens is 2. The third-order valence-corrected chi connectivity index (χ3v) is 7.74. The number of rotatable bonds is 6. The van der Waals surface area contributed by atoms with Gasteiger partial charge in [0.1, 0.15) is 10.6 Å². The van der Waals surface area contributed by atoms with Gasteiger partial charge >= 0.3 is 0 Å². The van der Waals surface area contributed by atoms with E-state index in [1.165, 1.54) is 16.4 Å². The van der Waals surface area contributed by atoms with Gasteiger partial charge in [0.05, 0.1) is 16.7 Å². The second-order valence-electron chi connectivity index (χ2n) is 7.01. The van der Waals surface area contributed by atoms with E-state index in [0.29, 0.717) is 45.1 Å². The summed E-state index contributed by atoms with van der Waals surface area (Å²) >= 11 is 12.4. The first kappa shape index (κ1) is 21.5. The maximum atomic E-state index is 13.1. The maximum Gasteiger partial charge on any atom is 0.244 e. The fourth-order valence-corrected chi connectivity index (χ4v) is 5.76. The molecule has 0 N–H and O–H groups in total. The van der Waals surface area contributed by atoms with Gasteiger partial charge in [0.2, 0.25) is 16.8 Å². The summed E-state index contributed by atoms with van der Waals surface area (Å²) < 4.78 is 43.8. The number of ether oxygens (including phenoxy) is 3. The molecule has 1 saturated heterocycles. The second kappa shape index (κ2) is 8.80. The minimum atomic E-state index is -3.75. The van der Waals surface area contributed by atoms with Crippen molar-refractivity contribution in [1.82, 2.24) is 9.21 Å². The number of benzene rings is 2. The van der Waals surface area contributed by atoms with Gasteiger partial charge in [0.25, 0.3) is 0 Å². The molecule has 2 aliphatic rings. The molecule has 7 nitrogen and oxygen atoms in total. The van der Waals surface area contributed by atoms with Gasteiger partial charge in [-0.05, 0) is 30.7 Å². The maximum absolute atomic E-state index is 13.1. The summed E-state index contributed by atoms with van der Waals surface area (Å²) in [6.07, 6.45) is 0. The predicted octanol–water partition coefficient (Wildman–Crippen LogP) is 3.63. The van der Waals surface area contributed by atoms with E-state index in [-0.39, 0.29) is 21.7 Å². The molecule has 2 aromatic carbocycles. The quantitative estimate of drug-likeness (QED) is 0.639. The summed E-state index contributed by atoms with van der Waals surface area (Å²) in [5.41, 5.74) is 1.09. The molecular formula is C20H22Cl2N2O5S. The Labute approximate surface area is 186 Å². The topological polar surface area (TPSA) is 68.3 Å². The van der Waals surface area contributed by atoms with E-state index >= 15 is 0 Å². The first-order chi connectivity index (χ1) is 14.4. The molecule has 0 spiro atoms. The smallest absolute Gasteiger partial charge is 0.244 e. The summed E-state index contributed by atoms with van der Waals surface area (Å²) in [5, 5.41) is 0.326. The van der Waals surface area contributed by atoms with Crippen molar-refractivity contribution in [3.63, 3.8) is 0 Å². The van der Waals surface area contributed by atoms with Crippen LogP contribution in [-0.2, 0) is 16.6 Å². The molecule has 0 radical (unpaired) electrons. The van der Waals surface area contributed by atoms with Gasteiger partial charge in [-0.1, -0.05) is 29.3 Å². The van der Waals surface area contributed by atoms with E-state index in [1.807, 2.05) is 25.1 Å². The first-order valence-corrected chi connectivity index (χ1v) is 11.8. The monoisotopic (exact) mass is 472 g/mol. The number of piperazine rings is 1. The van der Waals surface area contributed by atoms with Gasteiger partial charge < -0.3 is 14.2 Å². The number of nitrogens with zero attached hydrogens (tertiary/aromatic N) is 2. The van der Waals surface area contributed by atoms with Crippen LogP contribution in [0.15, 0.2) is 35.2 Å². The van der Waals surface area contributed by atoms with Gasteiger partial charge in [-0.15, -0.1) is 0 Å². The van der Waals surface area contributed by atoms with Crippen molar-refractivity contribution < 1.29 is 22.6 Å². The van der Waals surface area contributed by atoms with Gasteiger partial charge in [0, 0.05) is 38.8 Å². The Morgan fingerprint density at radius 1 is 1.00 bits per heavy atom. The van der Waals surface area contributed by atoms with Gasteiger partial charge in [-0.25, -0.2) is 8.42 Å². The Balaban J connectivity index is 1.42. The zero-order chi connectivity index (χ0) is 21.3. The van der Waals surface area contributed by atoms with E-state index in [4.69, 9.17) is 37.4 Å². The predicted molar refractivity (Wildman–Crippen MR) is 114 cm³/mol. The second-order valence-corrected chi connectivity index (χ2v) is 9.73. The van der Waals surface area contributed by atoms with Crippen LogP contribution in [0.25, 0.3) is 0 Å². The molecule has 30 heavy (non-hydrogen) atoms. The van der Waals surface area contributed by atoms with Crippen molar-refractivity contribution >= 4 is 33.2 Å². The van der Waals surface area contributed by atoms with Crippen molar-refractivity contribution in [2.24, 2.45) is 0 Å². The molecule has 0 saturated carbocycles. The average molecular weight is 473 g/mol. The molecule has 162 valence electrons. The van der Waals surface area contributed by atoms with Crippen molar-refractivity contribution in [2.45, 2.75) is 18.4 Å². The summed E-state index contributed by atoms with van der Waals surface area (Å²) in [6.45, 7) is 5.13. The van der Waals surface area contributed by atoms with Crippen LogP contribution in [0.5, 0.6) is 17.2 Å². The van der Waals surface area contributed by atoms with Crippen LogP contribution in [0, 0.1) is 0 Å². The Bertz CT molecular complexity index is 1040. The van der Waals surface area contributed by atoms with Crippen molar-refractivity contribution in [3.8, 4) is 17.2 Å². The Hall–Kier alpha value is -1.71. The number of hydrogen-bond donors (Lipinski definition) is 0. The standard InChI is InChI=1S/C20H22Cl2N2O5S/c1-2-27-18-10-16(22)20(11-15(18)21)30(25,26)24-7-5-23(6-8-24)12-14-3-4-17-19(9-14)29-13-28-17/h3-4,9-11H,2,5-8,12-13H2,1H3. The molecule has 0 aromatic heterocycles. The summed E-state index contributed by atoms with van der Waals surface area (Å²) in [6, 6.07) is 8.68. The minimum Gasteiger partial charge on any atom is -0.492 e. The van der Waals surface area contributed by atoms with Crippen LogP contribution in [0.1, 0.15) is 12.5 Å². The highest BCUT2D eigenvalue weighted by Crippen LogP contribution is 2.36. The molecule has 0 bridgehead atoms. The third kappa shape index (κ3) is 4.33. The molecule has 0 atom stereocenters. The zero-order valence-electron chi connectivity index (χ0n) is 16.4. The summed E-state index contributed by atoms with van der Waals surface area (Å²) in [5.74, 6) is 1.87. The first-order valence-electron chi connectivity index (χ1n) is 9.61. The molecule has 1 fully saturated rings. The van der Waals surface area contributed by atoms with Gasteiger partial charge in [0.15, 0.2) is 11.5 Å². The highest BCUT2D eigenvalue weighted by Gasteiger charge is 2.31. The van der Waals surface area contributed by atoms with Crippen LogP contribution in [0.4, 0.5) is 0 Å². The number of sulfonamides is 1. The van der Waals surface area contributed by atoms with E-state index in [0.717, 1.165) is 17.1 Å². The fraction of sp³-hybridized carbons (Fsp3) is 0.400. The van der Waals surface area contributed by atoms with E-state index < -0.39 is 10.0 Å². The van der Waals surface area contributed by atoms with Crippen LogP contribution in [0.2, 0.25) is 10.0 Å². The molecule has 10 heteroatoms. The van der Waals surface area contributed by atoms with Gasteiger partial charge in [-0.3, -0.25) is 4.90 Å². The molecule has 0 unspecified atom stereocenters. The van der Waals surface area contributed by atoms with Crippen molar-refractivity contribution in [2.75, 3.05) is 39.6 Å². The SMILES string of the molecule is CCOc1cc(Cl)c(S(=O)(=O)N2CCN(Cc3ccc4c(c3)OCO4)CC2)cc1Cl. The summed E-state index contributed by atoms with van der Waals surface area (Å²) in [4.78, 5) is 2.21. The third-order valence-electron chi connectivity index (χ3n) is 5.08. The molecule has 4 rings (SSSR count). The lowest BCUT2D eigenvalue weighted by atomic mass is 10.2. The van der Waals surface area contributed by atoms with Crippen LogP contribution in [0.3, 0.4) is 0 Å². The molecule has 2 heterocycles.